The van der Waals surface area contributed by atoms with Gasteiger partial charge in [-0.3, -0.25) is 0 Å². The molecule has 0 bridgehead atoms. The summed E-state index contributed by atoms with van der Waals surface area (Å²) in [6, 6.07) is 17.1. The van der Waals surface area contributed by atoms with E-state index in [1.165, 1.54) is 0 Å². The Morgan fingerprint density at radius 1 is 1.12 bits per heavy atom. The average molecular weight is 326 g/mol. The second-order valence-electron chi connectivity index (χ2n) is 5.96. The zero-order valence-corrected chi connectivity index (χ0v) is 13.5. The fourth-order valence-corrected chi connectivity index (χ4v) is 2.73. The van der Waals surface area contributed by atoms with Crippen LogP contribution in [0.15, 0.2) is 54.6 Å². The third-order valence-electron chi connectivity index (χ3n) is 4.03. The zero-order valence-electron chi connectivity index (χ0n) is 13.5. The van der Waals surface area contributed by atoms with Crippen LogP contribution in [0.2, 0.25) is 0 Å². The maximum atomic E-state index is 12.1. The van der Waals surface area contributed by atoms with Gasteiger partial charge in [-0.2, -0.15) is 0 Å². The Hall–Kier alpha value is -2.53. The molecule has 126 valence electrons. The number of rotatable bonds is 4. The van der Waals surface area contributed by atoms with Crippen molar-refractivity contribution in [3.8, 4) is 11.5 Å². The molecule has 1 aliphatic rings. The summed E-state index contributed by atoms with van der Waals surface area (Å²) in [7, 11) is 0. The SMILES string of the molecule is O=C(NCc1ccc(Oc2ccccc2)cc1)N1CCCC(O)C1. The molecule has 0 spiro atoms. The van der Waals surface area contributed by atoms with Crippen molar-refractivity contribution in [1.82, 2.24) is 10.2 Å². The molecule has 2 aromatic carbocycles. The summed E-state index contributed by atoms with van der Waals surface area (Å²) >= 11 is 0. The van der Waals surface area contributed by atoms with E-state index < -0.39 is 6.10 Å². The number of benzene rings is 2. The predicted molar refractivity (Wildman–Crippen MR) is 92.0 cm³/mol. The van der Waals surface area contributed by atoms with Gasteiger partial charge in [0, 0.05) is 19.6 Å². The third kappa shape index (κ3) is 4.49. The van der Waals surface area contributed by atoms with Crippen molar-refractivity contribution in [3.63, 3.8) is 0 Å². The van der Waals surface area contributed by atoms with E-state index in [2.05, 4.69) is 5.32 Å². The Morgan fingerprint density at radius 3 is 2.54 bits per heavy atom. The highest BCUT2D eigenvalue weighted by molar-refractivity contribution is 5.74. The Labute approximate surface area is 141 Å². The molecule has 2 amide bonds. The normalized spacial score (nSPS) is 17.4. The van der Waals surface area contributed by atoms with Crippen LogP contribution in [-0.2, 0) is 6.54 Å². The summed E-state index contributed by atoms with van der Waals surface area (Å²) in [5.74, 6) is 1.55. The summed E-state index contributed by atoms with van der Waals surface area (Å²) < 4.78 is 5.74. The van der Waals surface area contributed by atoms with Crippen LogP contribution in [0.5, 0.6) is 11.5 Å². The average Bonchev–Trinajstić information content (AvgIpc) is 2.62. The summed E-state index contributed by atoms with van der Waals surface area (Å²) in [6.07, 6.45) is 1.21. The molecule has 5 heteroatoms. The number of urea groups is 1. The lowest BCUT2D eigenvalue weighted by molar-refractivity contribution is 0.0842. The smallest absolute Gasteiger partial charge is 0.317 e. The van der Waals surface area contributed by atoms with Gasteiger partial charge in [0.1, 0.15) is 11.5 Å². The molecule has 1 aliphatic heterocycles. The third-order valence-corrected chi connectivity index (χ3v) is 4.03. The van der Waals surface area contributed by atoms with Crippen LogP contribution < -0.4 is 10.1 Å². The molecule has 24 heavy (non-hydrogen) atoms. The van der Waals surface area contributed by atoms with Crippen molar-refractivity contribution in [2.24, 2.45) is 0 Å². The molecule has 3 rings (SSSR count). The fourth-order valence-electron chi connectivity index (χ4n) is 2.73. The van der Waals surface area contributed by atoms with Gasteiger partial charge in [0.25, 0.3) is 0 Å². The molecule has 5 nitrogen and oxygen atoms in total. The van der Waals surface area contributed by atoms with Crippen molar-refractivity contribution in [3.05, 3.63) is 60.2 Å². The number of hydrogen-bond donors (Lipinski definition) is 2. The van der Waals surface area contributed by atoms with Gasteiger partial charge in [0.05, 0.1) is 6.10 Å². The molecule has 0 aliphatic carbocycles. The molecular formula is C19H22N2O3. The van der Waals surface area contributed by atoms with Crippen LogP contribution in [-0.4, -0.2) is 35.2 Å². The molecule has 0 saturated carbocycles. The van der Waals surface area contributed by atoms with Gasteiger partial charge in [-0.25, -0.2) is 4.79 Å². The van der Waals surface area contributed by atoms with E-state index in [1.807, 2.05) is 54.6 Å². The zero-order chi connectivity index (χ0) is 16.8. The molecular weight excluding hydrogens is 304 g/mol. The largest absolute Gasteiger partial charge is 0.457 e. The van der Waals surface area contributed by atoms with Gasteiger partial charge < -0.3 is 20.1 Å². The van der Waals surface area contributed by atoms with E-state index in [9.17, 15) is 9.90 Å². The molecule has 2 N–H and O–H groups in total. The van der Waals surface area contributed by atoms with E-state index in [0.29, 0.717) is 19.6 Å². The molecule has 1 saturated heterocycles. The van der Waals surface area contributed by atoms with Crippen molar-refractivity contribution < 1.29 is 14.6 Å². The number of amides is 2. The summed E-state index contributed by atoms with van der Waals surface area (Å²) in [5, 5.41) is 12.5. The molecule has 0 radical (unpaired) electrons. The second kappa shape index (κ2) is 7.84. The van der Waals surface area contributed by atoms with Crippen molar-refractivity contribution in [2.75, 3.05) is 13.1 Å². The van der Waals surface area contributed by atoms with Gasteiger partial charge in [-0.05, 0) is 42.7 Å². The number of nitrogens with zero attached hydrogens (tertiary/aromatic N) is 1. The minimum atomic E-state index is -0.404. The van der Waals surface area contributed by atoms with Crippen LogP contribution >= 0.6 is 0 Å². The Balaban J connectivity index is 1.50. The maximum absolute atomic E-state index is 12.1. The van der Waals surface area contributed by atoms with Gasteiger partial charge >= 0.3 is 6.03 Å². The maximum Gasteiger partial charge on any atom is 0.317 e. The Kier molecular flexibility index (Phi) is 5.33. The van der Waals surface area contributed by atoms with Gasteiger partial charge in [0.15, 0.2) is 0 Å². The monoisotopic (exact) mass is 326 g/mol. The minimum Gasteiger partial charge on any atom is -0.457 e. The van der Waals surface area contributed by atoms with E-state index in [1.54, 1.807) is 4.90 Å². The van der Waals surface area contributed by atoms with Crippen LogP contribution in [0.3, 0.4) is 0 Å². The van der Waals surface area contributed by atoms with Crippen LogP contribution in [0.1, 0.15) is 18.4 Å². The highest BCUT2D eigenvalue weighted by Gasteiger charge is 2.21. The van der Waals surface area contributed by atoms with Crippen molar-refractivity contribution in [1.29, 1.82) is 0 Å². The number of ether oxygens (including phenoxy) is 1. The van der Waals surface area contributed by atoms with E-state index >= 15 is 0 Å². The highest BCUT2D eigenvalue weighted by Crippen LogP contribution is 2.21. The van der Waals surface area contributed by atoms with E-state index in [0.717, 1.165) is 29.9 Å². The molecule has 1 heterocycles. The number of nitrogens with one attached hydrogen (secondary N) is 1. The van der Waals surface area contributed by atoms with Crippen LogP contribution in [0.25, 0.3) is 0 Å². The number of para-hydroxylation sites is 1. The van der Waals surface area contributed by atoms with Crippen molar-refractivity contribution in [2.45, 2.75) is 25.5 Å². The molecule has 2 aromatic rings. The van der Waals surface area contributed by atoms with Crippen LogP contribution in [0, 0.1) is 0 Å². The molecule has 0 aromatic heterocycles. The lowest BCUT2D eigenvalue weighted by Crippen LogP contribution is -2.46. The Morgan fingerprint density at radius 2 is 1.83 bits per heavy atom. The Bertz CT molecular complexity index is 658. The second-order valence-corrected chi connectivity index (χ2v) is 5.96. The quantitative estimate of drug-likeness (QED) is 0.907. The predicted octanol–water partition coefficient (Wildman–Crippen LogP) is 3.15. The fraction of sp³-hybridized carbons (Fsp3) is 0.316. The number of piperidine rings is 1. The standard InChI is InChI=1S/C19H22N2O3/c22-16-5-4-12-21(14-16)19(23)20-13-15-8-10-18(11-9-15)24-17-6-2-1-3-7-17/h1-3,6-11,16,22H,4-5,12-14H2,(H,20,23). The lowest BCUT2D eigenvalue weighted by atomic mass is 10.1. The topological polar surface area (TPSA) is 61.8 Å². The minimum absolute atomic E-state index is 0.127. The molecule has 1 atom stereocenters. The number of β-amino-alcohol motifs (C(OH)–C–C–N with tert-alkyl or cyclic N) is 1. The summed E-state index contributed by atoms with van der Waals surface area (Å²) in [6.45, 7) is 1.57. The van der Waals surface area contributed by atoms with E-state index in [4.69, 9.17) is 4.74 Å². The lowest BCUT2D eigenvalue weighted by Gasteiger charge is -2.30. The van der Waals surface area contributed by atoms with Gasteiger partial charge in [-0.15, -0.1) is 0 Å². The number of aliphatic hydroxyl groups is 1. The number of carbonyl (C=O) groups is 1. The molecule has 1 fully saturated rings. The van der Waals surface area contributed by atoms with Gasteiger partial charge in [-0.1, -0.05) is 30.3 Å². The number of likely N-dealkylation sites (tertiary alicyclic amines) is 1. The first-order valence-corrected chi connectivity index (χ1v) is 8.23. The summed E-state index contributed by atoms with van der Waals surface area (Å²) in [5.41, 5.74) is 1.00. The highest BCUT2D eigenvalue weighted by atomic mass is 16.5. The first-order valence-electron chi connectivity index (χ1n) is 8.23. The van der Waals surface area contributed by atoms with E-state index in [-0.39, 0.29) is 6.03 Å². The van der Waals surface area contributed by atoms with Gasteiger partial charge in [0.2, 0.25) is 0 Å². The van der Waals surface area contributed by atoms with Crippen LogP contribution in [0.4, 0.5) is 4.79 Å². The molecule has 1 unspecified atom stereocenters. The number of carbonyl (C=O) groups excluding carboxylic acids is 1. The first kappa shape index (κ1) is 16.3. The first-order chi connectivity index (χ1) is 11.7. The van der Waals surface area contributed by atoms with Crippen molar-refractivity contribution >= 4 is 6.03 Å². The summed E-state index contributed by atoms with van der Waals surface area (Å²) in [4.78, 5) is 13.8. The number of aliphatic hydroxyl groups excluding tert-OH is 1. The number of hydrogen-bond acceptors (Lipinski definition) is 3.